The van der Waals surface area contributed by atoms with Crippen LogP contribution < -0.4 is 0 Å². The molecule has 0 unspecified atom stereocenters. The summed E-state index contributed by atoms with van der Waals surface area (Å²) >= 11 is 0. The van der Waals surface area contributed by atoms with Crippen molar-refractivity contribution >= 4 is 58.5 Å². The summed E-state index contributed by atoms with van der Waals surface area (Å²) < 4.78 is 0. The minimum Gasteiger partial charge on any atom is -0.290 e. The SMILES string of the molecule is CCC(=O)C(=O)C(=O)C(=O)C(=O)CC.[Na]. The maximum Gasteiger partial charge on any atom is 0.280 e. The molecule has 0 N–H and O–H groups in total. The third-order valence-corrected chi connectivity index (χ3v) is 1.56. The molecule has 0 aliphatic heterocycles. The Bertz CT molecular complexity index is 288. The Kier molecular flexibility index (Phi) is 8.51. The maximum atomic E-state index is 10.9. The Morgan fingerprint density at radius 1 is 0.667 bits per heavy atom. The molecule has 0 aliphatic rings. The van der Waals surface area contributed by atoms with Crippen molar-refractivity contribution in [2.45, 2.75) is 26.7 Å². The van der Waals surface area contributed by atoms with E-state index >= 15 is 0 Å². The van der Waals surface area contributed by atoms with Gasteiger partial charge in [-0.3, -0.25) is 24.0 Å². The van der Waals surface area contributed by atoms with Crippen molar-refractivity contribution in [3.05, 3.63) is 0 Å². The van der Waals surface area contributed by atoms with Gasteiger partial charge < -0.3 is 0 Å². The molecule has 0 rings (SSSR count). The van der Waals surface area contributed by atoms with Gasteiger partial charge in [0.05, 0.1) is 0 Å². The molecule has 1 radical (unpaired) electrons. The quantitative estimate of drug-likeness (QED) is 0.335. The van der Waals surface area contributed by atoms with Gasteiger partial charge in [-0.05, 0) is 0 Å². The zero-order valence-electron chi connectivity index (χ0n) is 8.96. The molecule has 0 aromatic rings. The molecule has 15 heavy (non-hydrogen) atoms. The Balaban J connectivity index is 0. The topological polar surface area (TPSA) is 85.3 Å². The van der Waals surface area contributed by atoms with Crippen LogP contribution in [-0.4, -0.2) is 58.5 Å². The number of carbonyl (C=O) groups is 5. The van der Waals surface area contributed by atoms with Crippen LogP contribution in [0.5, 0.6) is 0 Å². The van der Waals surface area contributed by atoms with Crippen LogP contribution in [0, 0.1) is 0 Å². The van der Waals surface area contributed by atoms with Crippen molar-refractivity contribution in [2.75, 3.05) is 0 Å². The molecular weight excluding hydrogens is 211 g/mol. The van der Waals surface area contributed by atoms with Gasteiger partial charge in [-0.25, -0.2) is 0 Å². The van der Waals surface area contributed by atoms with E-state index in [0.29, 0.717) is 0 Å². The van der Waals surface area contributed by atoms with Gasteiger partial charge in [-0.1, -0.05) is 13.8 Å². The van der Waals surface area contributed by atoms with Crippen LogP contribution in [0.4, 0.5) is 0 Å². The van der Waals surface area contributed by atoms with Gasteiger partial charge in [0.1, 0.15) is 0 Å². The number of hydrogen-bond donors (Lipinski definition) is 0. The summed E-state index contributed by atoms with van der Waals surface area (Å²) in [6.45, 7) is 2.78. The van der Waals surface area contributed by atoms with Gasteiger partial charge in [-0.15, -0.1) is 0 Å². The third-order valence-electron chi connectivity index (χ3n) is 1.56. The molecule has 0 aromatic heterocycles. The van der Waals surface area contributed by atoms with E-state index in [1.165, 1.54) is 13.8 Å². The average Bonchev–Trinajstić information content (AvgIpc) is 2.23. The van der Waals surface area contributed by atoms with E-state index in [2.05, 4.69) is 0 Å². The Morgan fingerprint density at radius 2 is 0.933 bits per heavy atom. The summed E-state index contributed by atoms with van der Waals surface area (Å²) in [5.41, 5.74) is 0. The van der Waals surface area contributed by atoms with Crippen molar-refractivity contribution in [3.8, 4) is 0 Å². The summed E-state index contributed by atoms with van der Waals surface area (Å²) in [6.07, 6.45) is -0.309. The molecule has 0 aliphatic carbocycles. The van der Waals surface area contributed by atoms with E-state index < -0.39 is 28.9 Å². The zero-order chi connectivity index (χ0) is 11.3. The molecule has 0 atom stereocenters. The van der Waals surface area contributed by atoms with Gasteiger partial charge in [0.25, 0.3) is 17.3 Å². The molecule has 0 amide bonds. The standard InChI is InChI=1S/C9H10O5.Na/c1-3-5(10)7(12)9(14)8(13)6(11)4-2;/h3-4H2,1-2H3;. The summed E-state index contributed by atoms with van der Waals surface area (Å²) in [4.78, 5) is 54.1. The molecule has 0 saturated carbocycles. The predicted molar refractivity (Wildman–Crippen MR) is 51.4 cm³/mol. The molecule has 0 fully saturated rings. The summed E-state index contributed by atoms with van der Waals surface area (Å²) in [7, 11) is 0. The predicted octanol–water partition coefficient (Wildman–Crippen LogP) is -0.729. The number of Topliss-reactive ketones (excluding diaryl/α,β-unsaturated/α-hetero) is 5. The molecular formula is C9H10NaO5. The van der Waals surface area contributed by atoms with Crippen molar-refractivity contribution in [2.24, 2.45) is 0 Å². The van der Waals surface area contributed by atoms with Crippen LogP contribution in [-0.2, 0) is 24.0 Å². The van der Waals surface area contributed by atoms with Gasteiger partial charge in [0.15, 0.2) is 0 Å². The molecule has 0 spiro atoms. The van der Waals surface area contributed by atoms with E-state index in [-0.39, 0.29) is 42.4 Å². The van der Waals surface area contributed by atoms with E-state index in [9.17, 15) is 24.0 Å². The van der Waals surface area contributed by atoms with Crippen LogP contribution in [0.3, 0.4) is 0 Å². The number of hydrogen-bond acceptors (Lipinski definition) is 5. The van der Waals surface area contributed by atoms with E-state index in [1.54, 1.807) is 0 Å². The summed E-state index contributed by atoms with van der Waals surface area (Å²) in [5.74, 6) is -6.23. The largest absolute Gasteiger partial charge is 0.290 e. The molecule has 77 valence electrons. The zero-order valence-corrected chi connectivity index (χ0v) is 11.0. The first-order valence-corrected chi connectivity index (χ1v) is 4.14. The molecule has 0 aromatic carbocycles. The van der Waals surface area contributed by atoms with E-state index in [1.807, 2.05) is 0 Å². The van der Waals surface area contributed by atoms with Crippen LogP contribution in [0.2, 0.25) is 0 Å². The van der Waals surface area contributed by atoms with Crippen LogP contribution in [0.25, 0.3) is 0 Å². The number of carbonyl (C=O) groups excluding carboxylic acids is 5. The summed E-state index contributed by atoms with van der Waals surface area (Å²) in [6, 6.07) is 0. The van der Waals surface area contributed by atoms with Gasteiger partial charge in [0.2, 0.25) is 11.6 Å². The second-order valence-corrected chi connectivity index (χ2v) is 2.54. The van der Waals surface area contributed by atoms with Crippen LogP contribution in [0.15, 0.2) is 0 Å². The van der Waals surface area contributed by atoms with E-state index in [4.69, 9.17) is 0 Å². The van der Waals surface area contributed by atoms with Crippen LogP contribution >= 0.6 is 0 Å². The second kappa shape index (κ2) is 7.62. The van der Waals surface area contributed by atoms with Crippen molar-refractivity contribution in [1.29, 1.82) is 0 Å². The summed E-state index contributed by atoms with van der Waals surface area (Å²) in [5, 5.41) is 0. The molecule has 6 heteroatoms. The Morgan fingerprint density at radius 3 is 1.13 bits per heavy atom. The maximum absolute atomic E-state index is 10.9. The fourth-order valence-corrected chi connectivity index (χ4v) is 0.677. The van der Waals surface area contributed by atoms with Crippen molar-refractivity contribution < 1.29 is 24.0 Å². The van der Waals surface area contributed by atoms with Crippen molar-refractivity contribution in [3.63, 3.8) is 0 Å². The molecule has 5 nitrogen and oxygen atoms in total. The first kappa shape index (κ1) is 16.8. The van der Waals surface area contributed by atoms with Gasteiger partial charge in [0, 0.05) is 42.4 Å². The third kappa shape index (κ3) is 4.59. The van der Waals surface area contributed by atoms with E-state index in [0.717, 1.165) is 0 Å². The average molecular weight is 221 g/mol. The Labute approximate surface area is 109 Å². The second-order valence-electron chi connectivity index (χ2n) is 2.54. The number of rotatable bonds is 6. The monoisotopic (exact) mass is 221 g/mol. The normalized spacial score (nSPS) is 8.67. The van der Waals surface area contributed by atoms with Gasteiger partial charge in [-0.2, -0.15) is 0 Å². The molecule has 0 heterocycles. The number of ketones is 5. The smallest absolute Gasteiger partial charge is 0.280 e. The minimum absolute atomic E-state index is 0. The molecule has 0 bridgehead atoms. The first-order chi connectivity index (χ1) is 6.45. The minimum atomic E-state index is -1.52. The van der Waals surface area contributed by atoms with Crippen LogP contribution in [0.1, 0.15) is 26.7 Å². The first-order valence-electron chi connectivity index (χ1n) is 4.14. The Hall–Kier alpha value is -0.650. The molecule has 0 saturated heterocycles. The fraction of sp³-hybridized carbons (Fsp3) is 0.444. The van der Waals surface area contributed by atoms with Crippen molar-refractivity contribution in [1.82, 2.24) is 0 Å². The fourth-order valence-electron chi connectivity index (χ4n) is 0.677. The van der Waals surface area contributed by atoms with Gasteiger partial charge >= 0.3 is 0 Å².